The minimum Gasteiger partial charge on any atom is -0.310 e. The molecule has 0 N–H and O–H groups in total. The highest BCUT2D eigenvalue weighted by atomic mass is 15.1. The number of pyridine rings is 1. The Hall–Kier alpha value is -8.28. The van der Waals surface area contributed by atoms with Gasteiger partial charge in [-0.05, 0) is 63.1 Å². The lowest BCUT2D eigenvalue weighted by atomic mass is 9.33. The molecule has 0 saturated carbocycles. The van der Waals surface area contributed by atoms with Crippen LogP contribution >= 0.6 is 0 Å². The molecule has 0 spiro atoms. The third kappa shape index (κ3) is 3.21. The average Bonchev–Trinajstić information content (AvgIpc) is 4.08. The van der Waals surface area contributed by atoms with E-state index in [1.165, 1.54) is 142 Å². The van der Waals surface area contributed by atoms with Crippen molar-refractivity contribution < 1.29 is 0 Å². The number of rotatable bonds is 0. The Morgan fingerprint density at radius 2 is 0.688 bits per heavy atom. The molecule has 9 aromatic carbocycles. The van der Waals surface area contributed by atoms with Crippen molar-refractivity contribution in [3.63, 3.8) is 0 Å². The summed E-state index contributed by atoms with van der Waals surface area (Å²) < 4.78 is 10.4. The molecule has 0 bridgehead atoms. The zero-order valence-electron chi connectivity index (χ0n) is 34.1. The smallest absolute Gasteiger partial charge is 0.254 e. The van der Waals surface area contributed by atoms with Crippen LogP contribution in [0.5, 0.6) is 0 Å². The Kier molecular flexibility index (Phi) is 5.09. The molecule has 288 valence electrons. The van der Waals surface area contributed by atoms with E-state index in [4.69, 9.17) is 4.98 Å². The zero-order chi connectivity index (χ0) is 40.8. The third-order valence-electron chi connectivity index (χ3n) is 15.9. The molecule has 9 heterocycles. The SMILES string of the molecule is c1ccc2c(c1)c1cccc3c1n2-c1cc2c4c5c(nc2c2c1B3c1cccc3c6ccccc6n-2c13)-n1c2ccccc2c2cccc(c21)B5c1cccc2c3ccccc3n-4c12. The van der Waals surface area contributed by atoms with Gasteiger partial charge in [0.2, 0.25) is 0 Å². The lowest BCUT2D eigenvalue weighted by Gasteiger charge is -2.37. The largest absolute Gasteiger partial charge is 0.310 e. The predicted octanol–water partition coefficient (Wildman–Crippen LogP) is 8.91. The van der Waals surface area contributed by atoms with E-state index in [-0.39, 0.29) is 13.4 Å². The van der Waals surface area contributed by atoms with Crippen molar-refractivity contribution in [2.24, 2.45) is 0 Å². The van der Waals surface area contributed by atoms with E-state index in [9.17, 15) is 0 Å². The first-order valence-corrected chi connectivity index (χ1v) is 22.5. The molecule has 4 aliphatic heterocycles. The van der Waals surface area contributed by atoms with Crippen LogP contribution < -0.4 is 32.8 Å². The number of fused-ring (bicyclic) bond motifs is 23. The number of hydrogen-bond acceptors (Lipinski definition) is 1. The van der Waals surface area contributed by atoms with E-state index >= 15 is 0 Å². The normalized spacial score (nSPS) is 13.9. The van der Waals surface area contributed by atoms with Gasteiger partial charge in [-0.25, -0.2) is 4.98 Å². The first kappa shape index (κ1) is 31.5. The second kappa shape index (κ2) is 10.3. The Morgan fingerprint density at radius 1 is 0.312 bits per heavy atom. The van der Waals surface area contributed by atoms with E-state index in [1.54, 1.807) is 0 Å². The van der Waals surface area contributed by atoms with Gasteiger partial charge < -0.3 is 13.7 Å². The van der Waals surface area contributed by atoms with Crippen molar-refractivity contribution in [1.29, 1.82) is 0 Å². The Balaban J connectivity index is 1.16. The molecule has 4 aliphatic rings. The van der Waals surface area contributed by atoms with E-state index in [2.05, 4.69) is 194 Å². The molecule has 0 aliphatic carbocycles. The van der Waals surface area contributed by atoms with Crippen LogP contribution in [-0.2, 0) is 0 Å². The molecule has 0 amide bonds. The van der Waals surface area contributed by atoms with Crippen molar-refractivity contribution >= 4 is 144 Å². The van der Waals surface area contributed by atoms with Crippen molar-refractivity contribution in [3.8, 4) is 22.9 Å². The van der Waals surface area contributed by atoms with Crippen LogP contribution in [0, 0.1) is 0 Å². The maximum atomic E-state index is 6.22. The van der Waals surface area contributed by atoms with Crippen LogP contribution in [0.3, 0.4) is 0 Å². The van der Waals surface area contributed by atoms with Crippen LogP contribution in [0.1, 0.15) is 0 Å². The van der Waals surface area contributed by atoms with Crippen LogP contribution in [0.25, 0.3) is 121 Å². The molecule has 0 fully saturated rings. The van der Waals surface area contributed by atoms with E-state index in [0.717, 1.165) is 11.3 Å². The van der Waals surface area contributed by atoms with Gasteiger partial charge in [0.15, 0.2) is 0 Å². The van der Waals surface area contributed by atoms with Gasteiger partial charge in [0.1, 0.15) is 5.82 Å². The van der Waals surface area contributed by atoms with E-state index in [1.807, 2.05) is 0 Å². The molecule has 0 radical (unpaired) electrons. The monoisotopic (exact) mass is 805 g/mol. The fourth-order valence-electron chi connectivity index (χ4n) is 13.7. The predicted molar refractivity (Wildman–Crippen MR) is 268 cm³/mol. The van der Waals surface area contributed by atoms with Crippen LogP contribution in [0.15, 0.2) is 176 Å². The summed E-state index contributed by atoms with van der Waals surface area (Å²) in [4.78, 5) is 6.22. The molecule has 18 rings (SSSR count). The number of nitrogens with zero attached hydrogens (tertiary/aromatic N) is 5. The number of benzene rings is 9. The lowest BCUT2D eigenvalue weighted by molar-refractivity contribution is 1.08. The van der Waals surface area contributed by atoms with Crippen LogP contribution in [0.4, 0.5) is 0 Å². The molecular formula is C57H29B2N5. The topological polar surface area (TPSA) is 32.6 Å². The van der Waals surface area contributed by atoms with E-state index < -0.39 is 0 Å². The standard InChI is InChI=1S/C57H29B2N5/c1-5-25-43-30(13-1)34-17-9-21-39-51(34)61(43)47-29-38-50(56-48(47)58(39)40-22-10-19-36-32-15-3-7-27-45(32)63(56)53(36)40)60-57-49-55(38)62-44-26-6-2-14-31(44)35-18-11-23-41(52(35)62)59(49)42-24-12-20-37-33-16-4-8-28-46(33)64(57)54(37)42/h1-29H. The van der Waals surface area contributed by atoms with Gasteiger partial charge in [0.25, 0.3) is 13.4 Å². The van der Waals surface area contributed by atoms with Gasteiger partial charge in [0.05, 0.1) is 44.5 Å². The Morgan fingerprint density at radius 3 is 1.19 bits per heavy atom. The van der Waals surface area contributed by atoms with Gasteiger partial charge in [-0.1, -0.05) is 146 Å². The summed E-state index contributed by atoms with van der Waals surface area (Å²) >= 11 is 0. The summed E-state index contributed by atoms with van der Waals surface area (Å²) in [6.07, 6.45) is 0. The Bertz CT molecular complexity index is 4340. The molecular weight excluding hydrogens is 776 g/mol. The molecule has 0 unspecified atom stereocenters. The maximum Gasteiger partial charge on any atom is 0.254 e. The summed E-state index contributed by atoms with van der Waals surface area (Å²) in [5, 5.41) is 11.4. The molecule has 14 aromatic rings. The van der Waals surface area contributed by atoms with Crippen molar-refractivity contribution in [2.75, 3.05) is 0 Å². The third-order valence-corrected chi connectivity index (χ3v) is 15.9. The van der Waals surface area contributed by atoms with Gasteiger partial charge in [0, 0.05) is 70.7 Å². The minimum absolute atomic E-state index is 0.0112. The zero-order valence-corrected chi connectivity index (χ0v) is 34.1. The number of hydrogen-bond donors (Lipinski definition) is 0. The average molecular weight is 806 g/mol. The van der Waals surface area contributed by atoms with Gasteiger partial charge >= 0.3 is 0 Å². The van der Waals surface area contributed by atoms with Gasteiger partial charge in [-0.15, -0.1) is 0 Å². The van der Waals surface area contributed by atoms with Gasteiger partial charge in [-0.2, -0.15) is 0 Å². The quantitative estimate of drug-likeness (QED) is 0.141. The summed E-state index contributed by atoms with van der Waals surface area (Å²) in [6, 6.07) is 66.6. The van der Waals surface area contributed by atoms with Crippen molar-refractivity contribution in [3.05, 3.63) is 176 Å². The molecule has 0 saturated heterocycles. The van der Waals surface area contributed by atoms with Gasteiger partial charge in [-0.3, -0.25) is 4.57 Å². The highest BCUT2D eigenvalue weighted by Crippen LogP contribution is 2.45. The second-order valence-corrected chi connectivity index (χ2v) is 18.5. The summed E-state index contributed by atoms with van der Waals surface area (Å²) in [5.41, 5.74) is 22.7. The number of para-hydroxylation sites is 8. The number of aromatic nitrogens is 5. The van der Waals surface area contributed by atoms with Crippen molar-refractivity contribution in [1.82, 2.24) is 23.3 Å². The van der Waals surface area contributed by atoms with Crippen LogP contribution in [-0.4, -0.2) is 36.7 Å². The van der Waals surface area contributed by atoms with Crippen LogP contribution in [0.2, 0.25) is 0 Å². The highest BCUT2D eigenvalue weighted by Gasteiger charge is 2.46. The molecule has 64 heavy (non-hydrogen) atoms. The molecule has 5 nitrogen and oxygen atoms in total. The fourth-order valence-corrected chi connectivity index (χ4v) is 13.7. The summed E-state index contributed by atoms with van der Waals surface area (Å²) in [7, 11) is 0. The first-order chi connectivity index (χ1) is 31.8. The molecule has 7 heteroatoms. The highest BCUT2D eigenvalue weighted by molar-refractivity contribution is 7.01. The second-order valence-electron chi connectivity index (χ2n) is 18.5. The first-order valence-electron chi connectivity index (χ1n) is 22.5. The summed E-state index contributed by atoms with van der Waals surface area (Å²) in [5.74, 6) is 1.03. The minimum atomic E-state index is -0.0113. The maximum absolute atomic E-state index is 6.22. The fraction of sp³-hybridized carbons (Fsp3) is 0. The van der Waals surface area contributed by atoms with E-state index in [0.29, 0.717) is 0 Å². The summed E-state index contributed by atoms with van der Waals surface area (Å²) in [6.45, 7) is -0.000197. The molecule has 0 atom stereocenters. The lowest BCUT2D eigenvalue weighted by Crippen LogP contribution is -2.60. The van der Waals surface area contributed by atoms with Crippen molar-refractivity contribution in [2.45, 2.75) is 0 Å². The Labute approximate surface area is 364 Å². The molecule has 5 aromatic heterocycles.